The predicted molar refractivity (Wildman–Crippen MR) is 63.7 cm³/mol. The molecule has 1 atom stereocenters. The van der Waals surface area contributed by atoms with Gasteiger partial charge in [-0.1, -0.05) is 6.07 Å². The van der Waals surface area contributed by atoms with Crippen LogP contribution in [0.25, 0.3) is 0 Å². The molecule has 4 nitrogen and oxygen atoms in total. The van der Waals surface area contributed by atoms with Crippen LogP contribution in [-0.2, 0) is 16.1 Å². The zero-order chi connectivity index (χ0) is 12.2. The van der Waals surface area contributed by atoms with Crippen molar-refractivity contribution in [3.8, 4) is 0 Å². The van der Waals surface area contributed by atoms with Crippen LogP contribution in [0.15, 0.2) is 17.5 Å². The monoisotopic (exact) mass is 243 g/mol. The molecule has 1 rings (SSSR count). The molecular weight excluding hydrogens is 226 g/mol. The number of thiophene rings is 1. The van der Waals surface area contributed by atoms with Gasteiger partial charge in [0.2, 0.25) is 0 Å². The molecule has 0 aliphatic carbocycles. The van der Waals surface area contributed by atoms with Crippen LogP contribution in [0, 0.1) is 0 Å². The Bertz CT molecular complexity index is 339. The zero-order valence-corrected chi connectivity index (χ0v) is 10.6. The predicted octanol–water partition coefficient (Wildman–Crippen LogP) is 1.67. The summed E-state index contributed by atoms with van der Waals surface area (Å²) in [5.41, 5.74) is -0.987. The second kappa shape index (κ2) is 5.43. The molecule has 0 saturated heterocycles. The summed E-state index contributed by atoms with van der Waals surface area (Å²) in [6.45, 7) is 2.46. The number of carboxylic acid groups (broad SMARTS) is 1. The molecule has 0 saturated carbocycles. The minimum absolute atomic E-state index is 0.171. The van der Waals surface area contributed by atoms with Crippen molar-refractivity contribution in [1.82, 2.24) is 4.90 Å². The number of ether oxygens (including phenoxy) is 1. The highest BCUT2D eigenvalue weighted by atomic mass is 32.1. The fourth-order valence-corrected chi connectivity index (χ4v) is 2.18. The molecule has 1 N–H and O–H groups in total. The number of nitrogens with zero attached hydrogens (tertiary/aromatic N) is 1. The minimum Gasteiger partial charge on any atom is -0.480 e. The van der Waals surface area contributed by atoms with E-state index in [9.17, 15) is 9.90 Å². The molecule has 0 fully saturated rings. The van der Waals surface area contributed by atoms with Crippen molar-refractivity contribution in [2.45, 2.75) is 19.0 Å². The quantitative estimate of drug-likeness (QED) is 0.825. The smallest absolute Gasteiger partial charge is 0.326 e. The maximum Gasteiger partial charge on any atom is 0.326 e. The molecule has 90 valence electrons. The molecular formula is C11H17NO3S. The van der Waals surface area contributed by atoms with Gasteiger partial charge in [0.05, 0.1) is 6.61 Å². The summed E-state index contributed by atoms with van der Waals surface area (Å²) >= 11 is 1.62. The van der Waals surface area contributed by atoms with E-state index in [2.05, 4.69) is 0 Å². The number of methoxy groups -OCH3 is 1. The third-order valence-electron chi connectivity index (χ3n) is 2.70. The van der Waals surface area contributed by atoms with E-state index in [4.69, 9.17) is 4.74 Å². The fraction of sp³-hybridized carbons (Fsp3) is 0.545. The van der Waals surface area contributed by atoms with Gasteiger partial charge < -0.3 is 9.84 Å². The molecule has 0 aliphatic rings. The van der Waals surface area contributed by atoms with Crippen LogP contribution in [-0.4, -0.2) is 42.3 Å². The third kappa shape index (κ3) is 2.81. The maximum absolute atomic E-state index is 11.3. The van der Waals surface area contributed by atoms with E-state index in [1.165, 1.54) is 7.11 Å². The standard InChI is InChI=1S/C11H17NO3S/c1-11(8-15-3,10(13)14)12(2)7-9-5-4-6-16-9/h4-6H,7-8H2,1-3H3,(H,13,14). The molecule has 0 aliphatic heterocycles. The van der Waals surface area contributed by atoms with Crippen LogP contribution in [0.5, 0.6) is 0 Å². The van der Waals surface area contributed by atoms with E-state index >= 15 is 0 Å². The molecule has 16 heavy (non-hydrogen) atoms. The molecule has 0 bridgehead atoms. The van der Waals surface area contributed by atoms with Crippen LogP contribution >= 0.6 is 11.3 Å². The molecule has 1 aromatic heterocycles. The molecule has 5 heteroatoms. The van der Waals surface area contributed by atoms with E-state index in [1.807, 2.05) is 17.5 Å². The van der Waals surface area contributed by atoms with Gasteiger partial charge in [0, 0.05) is 18.5 Å². The Balaban J connectivity index is 2.75. The number of hydrogen-bond acceptors (Lipinski definition) is 4. The molecule has 0 amide bonds. The van der Waals surface area contributed by atoms with Gasteiger partial charge in [-0.25, -0.2) is 0 Å². The molecule has 0 aromatic carbocycles. The number of hydrogen-bond donors (Lipinski definition) is 1. The molecule has 0 radical (unpaired) electrons. The summed E-state index contributed by atoms with van der Waals surface area (Å²) in [4.78, 5) is 14.2. The largest absolute Gasteiger partial charge is 0.480 e. The summed E-state index contributed by atoms with van der Waals surface area (Å²) in [6, 6.07) is 3.96. The summed E-state index contributed by atoms with van der Waals surface area (Å²) in [7, 11) is 3.31. The maximum atomic E-state index is 11.3. The number of rotatable bonds is 6. The van der Waals surface area contributed by atoms with Crippen molar-refractivity contribution in [3.05, 3.63) is 22.4 Å². The summed E-state index contributed by atoms with van der Waals surface area (Å²) in [6.07, 6.45) is 0. The van der Waals surface area contributed by atoms with Crippen molar-refractivity contribution in [2.75, 3.05) is 20.8 Å². The third-order valence-corrected chi connectivity index (χ3v) is 3.56. The van der Waals surface area contributed by atoms with Gasteiger partial charge in [-0.05, 0) is 25.4 Å². The Hall–Kier alpha value is -0.910. The first-order valence-electron chi connectivity index (χ1n) is 4.96. The van der Waals surface area contributed by atoms with Crippen LogP contribution in [0.1, 0.15) is 11.8 Å². The lowest BCUT2D eigenvalue weighted by atomic mass is 10.0. The lowest BCUT2D eigenvalue weighted by Crippen LogP contribution is -2.53. The van der Waals surface area contributed by atoms with Gasteiger partial charge in [-0.3, -0.25) is 9.69 Å². The molecule has 0 spiro atoms. The van der Waals surface area contributed by atoms with E-state index < -0.39 is 11.5 Å². The Morgan fingerprint density at radius 3 is 2.81 bits per heavy atom. The van der Waals surface area contributed by atoms with Crippen molar-refractivity contribution in [2.24, 2.45) is 0 Å². The second-order valence-corrected chi connectivity index (χ2v) is 4.98. The summed E-state index contributed by atoms with van der Waals surface area (Å²) < 4.78 is 4.99. The van der Waals surface area contributed by atoms with E-state index in [0.717, 1.165) is 4.88 Å². The van der Waals surface area contributed by atoms with Crippen LogP contribution in [0.4, 0.5) is 0 Å². The lowest BCUT2D eigenvalue weighted by molar-refractivity contribution is -0.153. The first-order chi connectivity index (χ1) is 7.50. The number of carboxylic acids is 1. The average molecular weight is 243 g/mol. The minimum atomic E-state index is -0.987. The van der Waals surface area contributed by atoms with Crippen molar-refractivity contribution in [1.29, 1.82) is 0 Å². The molecule has 1 heterocycles. The van der Waals surface area contributed by atoms with Gasteiger partial charge in [-0.2, -0.15) is 0 Å². The first-order valence-corrected chi connectivity index (χ1v) is 5.84. The number of likely N-dealkylation sites (N-methyl/N-ethyl adjacent to an activating group) is 1. The van der Waals surface area contributed by atoms with Gasteiger partial charge in [0.1, 0.15) is 5.54 Å². The highest BCUT2D eigenvalue weighted by Crippen LogP contribution is 2.19. The second-order valence-electron chi connectivity index (χ2n) is 3.95. The molecule has 1 aromatic rings. The van der Waals surface area contributed by atoms with Gasteiger partial charge >= 0.3 is 5.97 Å². The Kier molecular flexibility index (Phi) is 4.46. The Morgan fingerprint density at radius 1 is 1.69 bits per heavy atom. The van der Waals surface area contributed by atoms with Gasteiger partial charge in [0.25, 0.3) is 0 Å². The van der Waals surface area contributed by atoms with Crippen LogP contribution in [0.3, 0.4) is 0 Å². The van der Waals surface area contributed by atoms with E-state index in [-0.39, 0.29) is 6.61 Å². The highest BCUT2D eigenvalue weighted by molar-refractivity contribution is 7.09. The van der Waals surface area contributed by atoms with Crippen molar-refractivity contribution in [3.63, 3.8) is 0 Å². The van der Waals surface area contributed by atoms with Crippen molar-refractivity contribution >= 4 is 17.3 Å². The number of carbonyl (C=O) groups is 1. The fourth-order valence-electron chi connectivity index (χ4n) is 1.43. The highest BCUT2D eigenvalue weighted by Gasteiger charge is 2.37. The zero-order valence-electron chi connectivity index (χ0n) is 9.77. The Morgan fingerprint density at radius 2 is 2.38 bits per heavy atom. The topological polar surface area (TPSA) is 49.8 Å². The SMILES string of the molecule is COCC(C)(C(=O)O)N(C)Cc1cccs1. The lowest BCUT2D eigenvalue weighted by Gasteiger charge is -2.34. The number of aliphatic carboxylic acids is 1. The van der Waals surface area contributed by atoms with Gasteiger partial charge in [0.15, 0.2) is 0 Å². The van der Waals surface area contributed by atoms with E-state index in [1.54, 1.807) is 30.2 Å². The van der Waals surface area contributed by atoms with Crippen LogP contribution in [0.2, 0.25) is 0 Å². The molecule has 1 unspecified atom stereocenters. The Labute approximate surface area is 99.5 Å². The van der Waals surface area contributed by atoms with Crippen LogP contribution < -0.4 is 0 Å². The average Bonchev–Trinajstić information content (AvgIpc) is 2.70. The normalized spacial score (nSPS) is 15.0. The van der Waals surface area contributed by atoms with Gasteiger partial charge in [-0.15, -0.1) is 11.3 Å². The van der Waals surface area contributed by atoms with Crippen molar-refractivity contribution < 1.29 is 14.6 Å². The first kappa shape index (κ1) is 13.2. The summed E-state index contributed by atoms with van der Waals surface area (Å²) in [5.74, 6) is -0.867. The summed E-state index contributed by atoms with van der Waals surface area (Å²) in [5, 5.41) is 11.2. The van der Waals surface area contributed by atoms with E-state index in [0.29, 0.717) is 6.54 Å².